The molecule has 4 aromatic carbocycles. The summed E-state index contributed by atoms with van der Waals surface area (Å²) >= 11 is 0. The number of fused-ring (bicyclic) bond motifs is 4. The van der Waals surface area contributed by atoms with Crippen molar-refractivity contribution in [2.24, 2.45) is 5.41 Å². The van der Waals surface area contributed by atoms with Crippen LogP contribution in [-0.4, -0.2) is 19.1 Å². The Morgan fingerprint density at radius 3 is 2.13 bits per heavy atom. The van der Waals surface area contributed by atoms with E-state index in [1.165, 1.54) is 11.1 Å². The molecule has 282 valence electrons. The minimum Gasteiger partial charge on any atom is -0.508 e. The van der Waals surface area contributed by atoms with Gasteiger partial charge in [-0.2, -0.15) is 6.07 Å². The minimum absolute atomic E-state index is 0. The van der Waals surface area contributed by atoms with E-state index in [0.717, 1.165) is 38.5 Å². The molecule has 0 radical (unpaired) electrons. The van der Waals surface area contributed by atoms with E-state index in [9.17, 15) is 0 Å². The van der Waals surface area contributed by atoms with E-state index in [2.05, 4.69) is 112 Å². The number of para-hydroxylation sites is 3. The minimum atomic E-state index is -1.58. The molecular formula is C48H47N5OPt-2. The molecule has 4 heterocycles. The van der Waals surface area contributed by atoms with Crippen molar-refractivity contribution < 1.29 is 33.1 Å². The number of ether oxygens (including phenoxy) is 1. The topological polar surface area (TPSA) is 48.8 Å². The Kier molecular flexibility index (Phi) is 9.21. The zero-order valence-electron chi connectivity index (χ0n) is 34.9. The van der Waals surface area contributed by atoms with Crippen LogP contribution in [0.1, 0.15) is 81.7 Å². The van der Waals surface area contributed by atoms with Crippen LogP contribution in [0.15, 0.2) is 110 Å². The summed E-state index contributed by atoms with van der Waals surface area (Å²) < 4.78 is 30.5. The molecule has 0 N–H and O–H groups in total. The monoisotopic (exact) mass is 906 g/mol. The number of rotatable bonds is 6. The fraction of sp³-hybridized carbons (Fsp3) is 0.271. The summed E-state index contributed by atoms with van der Waals surface area (Å²) in [5.41, 5.74) is 7.84. The fourth-order valence-corrected chi connectivity index (χ4v) is 6.91. The first-order valence-corrected chi connectivity index (χ1v) is 18.5. The summed E-state index contributed by atoms with van der Waals surface area (Å²) in [4.78, 5) is 9.31. The van der Waals surface area contributed by atoms with Crippen molar-refractivity contribution in [1.29, 1.82) is 0 Å². The molecule has 0 saturated carbocycles. The third-order valence-corrected chi connectivity index (χ3v) is 9.62. The molecule has 0 atom stereocenters. The van der Waals surface area contributed by atoms with Crippen molar-refractivity contribution in [3.63, 3.8) is 0 Å². The fourth-order valence-electron chi connectivity index (χ4n) is 6.91. The van der Waals surface area contributed by atoms with Crippen LogP contribution in [0.5, 0.6) is 11.5 Å². The first kappa shape index (κ1) is 35.6. The second-order valence-electron chi connectivity index (χ2n) is 17.1. The molecular weight excluding hydrogens is 858 g/mol. The Labute approximate surface area is 341 Å². The van der Waals surface area contributed by atoms with Crippen LogP contribution in [0.2, 0.25) is 0 Å². The molecule has 0 spiro atoms. The molecule has 8 rings (SSSR count). The van der Waals surface area contributed by atoms with Crippen LogP contribution < -0.4 is 9.30 Å². The van der Waals surface area contributed by atoms with Gasteiger partial charge in [0.25, 0.3) is 6.33 Å². The Morgan fingerprint density at radius 1 is 0.727 bits per heavy atom. The van der Waals surface area contributed by atoms with E-state index < -0.39 is 11.8 Å². The van der Waals surface area contributed by atoms with E-state index >= 15 is 0 Å². The maximum atomic E-state index is 8.94. The van der Waals surface area contributed by atoms with Gasteiger partial charge >= 0.3 is 0 Å². The van der Waals surface area contributed by atoms with Crippen LogP contribution in [0, 0.1) is 23.9 Å². The Hall–Kier alpha value is -5.06. The van der Waals surface area contributed by atoms with Gasteiger partial charge in [0, 0.05) is 47.0 Å². The molecule has 0 aliphatic rings. The Bertz CT molecular complexity index is 2750. The zero-order chi connectivity index (χ0) is 39.8. The van der Waals surface area contributed by atoms with Crippen LogP contribution in [0.4, 0.5) is 0 Å². The number of benzene rings is 4. The quantitative estimate of drug-likeness (QED) is 0.123. The molecule has 0 amide bonds. The van der Waals surface area contributed by atoms with Crippen LogP contribution in [-0.2, 0) is 38.3 Å². The van der Waals surface area contributed by atoms with Crippen molar-refractivity contribution in [3.05, 3.63) is 145 Å². The van der Waals surface area contributed by atoms with Crippen LogP contribution in [0.3, 0.4) is 0 Å². The van der Waals surface area contributed by atoms with E-state index in [4.69, 9.17) is 12.5 Å². The molecule has 0 aliphatic heterocycles. The SMILES string of the molecule is [2H]C([2H])(c1ccnc(-n2c3[c-]c(Oc4[c-]c(-n5[c-][n+](-c6cc(C(C)(C)C)cc(C(C)(C)C)c6)c6ccccc65)cnc4)ccc3c3ccccc32)c1)C(C)(C)C.[Pt]. The summed E-state index contributed by atoms with van der Waals surface area (Å²) in [6.07, 6.45) is 7.14. The molecule has 0 bridgehead atoms. The molecule has 55 heavy (non-hydrogen) atoms. The van der Waals surface area contributed by atoms with Gasteiger partial charge in [0.1, 0.15) is 5.82 Å². The molecule has 7 heteroatoms. The first-order valence-electron chi connectivity index (χ1n) is 19.5. The number of hydrogen-bond acceptors (Lipinski definition) is 3. The molecule has 0 saturated heterocycles. The van der Waals surface area contributed by atoms with Gasteiger partial charge in [0.2, 0.25) is 0 Å². The van der Waals surface area contributed by atoms with Gasteiger partial charge < -0.3 is 18.9 Å². The van der Waals surface area contributed by atoms with Gasteiger partial charge in [-0.3, -0.25) is 4.57 Å². The van der Waals surface area contributed by atoms with Gasteiger partial charge in [-0.1, -0.05) is 123 Å². The molecule has 4 aromatic heterocycles. The van der Waals surface area contributed by atoms with Gasteiger partial charge in [-0.25, -0.2) is 4.98 Å². The predicted octanol–water partition coefficient (Wildman–Crippen LogP) is 11.2. The van der Waals surface area contributed by atoms with E-state index in [0.29, 0.717) is 28.6 Å². The third-order valence-electron chi connectivity index (χ3n) is 9.62. The van der Waals surface area contributed by atoms with E-state index in [-0.39, 0.29) is 31.9 Å². The Morgan fingerprint density at radius 2 is 1.42 bits per heavy atom. The Balaban J connectivity index is 0.00000496. The zero-order valence-corrected chi connectivity index (χ0v) is 35.1. The standard InChI is InChI=1S/C48H47N5O.Pt/c1-46(2,3)28-32-20-21-50-45(22-32)53-41-15-11-10-14-39(41)40-19-18-37(27-44(40)53)54-38-26-36(29-49-30-38)52-31-51(42-16-12-13-17-43(42)52)35-24-33(47(4,5)6)23-34(25-35)48(7,8)9;/h10-25,29-30H,28H2,1-9H3;/q-2;/i28D2;. The largest absolute Gasteiger partial charge is 0.508 e. The van der Waals surface area contributed by atoms with Crippen LogP contribution in [0.25, 0.3) is 50.0 Å². The molecule has 6 nitrogen and oxygen atoms in total. The van der Waals surface area contributed by atoms with Crippen molar-refractivity contribution >= 4 is 32.8 Å². The maximum absolute atomic E-state index is 8.94. The average molecular weight is 907 g/mol. The number of hydrogen-bond donors (Lipinski definition) is 0. The van der Waals surface area contributed by atoms with Crippen molar-refractivity contribution in [2.75, 3.05) is 0 Å². The summed E-state index contributed by atoms with van der Waals surface area (Å²) in [7, 11) is 0. The van der Waals surface area contributed by atoms with Gasteiger partial charge in [0.15, 0.2) is 0 Å². The summed E-state index contributed by atoms with van der Waals surface area (Å²) in [6, 6.07) is 37.8. The number of nitrogens with zero attached hydrogens (tertiary/aromatic N) is 5. The number of imidazole rings is 1. The average Bonchev–Trinajstić information content (AvgIpc) is 3.70. The third kappa shape index (κ3) is 7.62. The number of aromatic nitrogens is 5. The van der Waals surface area contributed by atoms with Gasteiger partial charge in [-0.15, -0.1) is 23.6 Å². The molecule has 8 aromatic rings. The first-order chi connectivity index (χ1) is 26.4. The van der Waals surface area contributed by atoms with Crippen molar-refractivity contribution in [1.82, 2.24) is 19.1 Å². The van der Waals surface area contributed by atoms with Crippen molar-refractivity contribution in [3.8, 4) is 28.7 Å². The second-order valence-corrected chi connectivity index (χ2v) is 17.1. The van der Waals surface area contributed by atoms with Gasteiger partial charge in [-0.05, 0) is 86.9 Å². The van der Waals surface area contributed by atoms with E-state index in [1.807, 2.05) is 72.4 Å². The smallest absolute Gasteiger partial charge is 0.268 e. The summed E-state index contributed by atoms with van der Waals surface area (Å²) in [6.45, 7) is 19.2. The normalized spacial score (nSPS) is 13.2. The van der Waals surface area contributed by atoms with Crippen LogP contribution >= 0.6 is 0 Å². The maximum Gasteiger partial charge on any atom is 0.268 e. The molecule has 0 aliphatic carbocycles. The van der Waals surface area contributed by atoms with Crippen molar-refractivity contribution in [2.45, 2.75) is 79.5 Å². The summed E-state index contributed by atoms with van der Waals surface area (Å²) in [5, 5.41) is 2.02. The predicted molar refractivity (Wildman–Crippen MR) is 218 cm³/mol. The molecule has 0 unspecified atom stereocenters. The van der Waals surface area contributed by atoms with E-state index in [1.54, 1.807) is 24.7 Å². The summed E-state index contributed by atoms with van der Waals surface area (Å²) in [5.74, 6) is 1.53. The van der Waals surface area contributed by atoms with Gasteiger partial charge in [0.05, 0.1) is 16.7 Å². The molecule has 0 fully saturated rings. The number of pyridine rings is 2. The second kappa shape index (κ2) is 14.2.